The number of amides is 1. The first-order valence-electron chi connectivity index (χ1n) is 7.75. The van der Waals surface area contributed by atoms with Gasteiger partial charge in [-0.3, -0.25) is 9.59 Å². The minimum absolute atomic E-state index is 0.00750. The molecule has 7 nitrogen and oxygen atoms in total. The highest BCUT2D eigenvalue weighted by molar-refractivity contribution is 7.98. The maximum atomic E-state index is 12.5. The van der Waals surface area contributed by atoms with Gasteiger partial charge in [0.2, 0.25) is 15.9 Å². The van der Waals surface area contributed by atoms with Crippen LogP contribution >= 0.6 is 11.8 Å². The van der Waals surface area contributed by atoms with Gasteiger partial charge in [-0.15, -0.1) is 0 Å². The third kappa shape index (κ3) is 7.45. The summed E-state index contributed by atoms with van der Waals surface area (Å²) in [6.45, 7) is 4.78. The van der Waals surface area contributed by atoms with Crippen LogP contribution in [0.1, 0.15) is 27.2 Å². The number of ether oxygens (including phenoxy) is 1. The van der Waals surface area contributed by atoms with Crippen LogP contribution < -0.4 is 10.0 Å². The second kappa shape index (κ2) is 9.79. The molecule has 0 aliphatic carbocycles. The Labute approximate surface area is 153 Å². The van der Waals surface area contributed by atoms with Gasteiger partial charge in [0.05, 0.1) is 11.0 Å². The molecule has 0 aliphatic rings. The Morgan fingerprint density at radius 2 is 1.80 bits per heavy atom. The molecule has 0 saturated heterocycles. The van der Waals surface area contributed by atoms with Crippen LogP contribution in [0, 0.1) is 0 Å². The van der Waals surface area contributed by atoms with Crippen LogP contribution in [0.25, 0.3) is 0 Å². The summed E-state index contributed by atoms with van der Waals surface area (Å²) in [6, 6.07) is 4.76. The Kier molecular flexibility index (Phi) is 8.40. The molecule has 0 spiro atoms. The standard InChI is InChI=1S/C16H24N2O5S2/c1-11(2)23-16(20)15(9-10-24-4)18-25(21,22)14-7-5-13(6-8-14)17-12(3)19/h5-8,11,15,18H,9-10H2,1-4H3,(H,17,19)/t15-/m0/s1. The molecule has 1 aromatic carbocycles. The van der Waals surface area contributed by atoms with Crippen LogP contribution in [0.15, 0.2) is 29.2 Å². The van der Waals surface area contributed by atoms with Crippen molar-refractivity contribution in [2.24, 2.45) is 0 Å². The molecule has 9 heteroatoms. The Balaban J connectivity index is 2.93. The first-order chi connectivity index (χ1) is 11.7. The van der Waals surface area contributed by atoms with Gasteiger partial charge in [-0.1, -0.05) is 0 Å². The monoisotopic (exact) mass is 388 g/mol. The average molecular weight is 389 g/mol. The van der Waals surface area contributed by atoms with Gasteiger partial charge in [-0.25, -0.2) is 8.42 Å². The van der Waals surface area contributed by atoms with Crippen molar-refractivity contribution in [2.75, 3.05) is 17.3 Å². The number of rotatable bonds is 9. The van der Waals surface area contributed by atoms with E-state index in [2.05, 4.69) is 10.0 Å². The van der Waals surface area contributed by atoms with Crippen molar-refractivity contribution in [1.82, 2.24) is 4.72 Å². The molecular formula is C16H24N2O5S2. The number of benzene rings is 1. The van der Waals surface area contributed by atoms with Gasteiger partial charge in [0.15, 0.2) is 0 Å². The van der Waals surface area contributed by atoms with Gasteiger partial charge >= 0.3 is 5.97 Å². The zero-order valence-electron chi connectivity index (χ0n) is 14.7. The highest BCUT2D eigenvalue weighted by Gasteiger charge is 2.27. The number of sulfonamides is 1. The molecule has 0 radical (unpaired) electrons. The van der Waals surface area contributed by atoms with Crippen LogP contribution in [-0.4, -0.2) is 44.4 Å². The summed E-state index contributed by atoms with van der Waals surface area (Å²) in [5.74, 6) is -0.230. The smallest absolute Gasteiger partial charge is 0.324 e. The second-order valence-corrected chi connectivity index (χ2v) is 8.35. The van der Waals surface area contributed by atoms with Crippen molar-refractivity contribution < 1.29 is 22.7 Å². The highest BCUT2D eigenvalue weighted by atomic mass is 32.2. The molecule has 0 heterocycles. The minimum atomic E-state index is -3.89. The number of carbonyl (C=O) groups is 2. The maximum Gasteiger partial charge on any atom is 0.324 e. The molecule has 2 N–H and O–H groups in total. The summed E-state index contributed by atoms with van der Waals surface area (Å²) in [4.78, 5) is 23.2. The van der Waals surface area contributed by atoms with Gasteiger partial charge in [0, 0.05) is 12.6 Å². The maximum absolute atomic E-state index is 12.5. The fourth-order valence-corrected chi connectivity index (χ4v) is 3.64. The zero-order valence-corrected chi connectivity index (χ0v) is 16.4. The summed E-state index contributed by atoms with van der Waals surface area (Å²) in [7, 11) is -3.89. The van der Waals surface area contributed by atoms with Crippen molar-refractivity contribution in [2.45, 2.75) is 44.2 Å². The number of hydrogen-bond donors (Lipinski definition) is 2. The SMILES string of the molecule is CSCC[C@H](NS(=O)(=O)c1ccc(NC(C)=O)cc1)C(=O)OC(C)C. The first-order valence-corrected chi connectivity index (χ1v) is 10.6. The summed E-state index contributed by atoms with van der Waals surface area (Å²) < 4.78 is 32.6. The first kappa shape index (κ1) is 21.5. The topological polar surface area (TPSA) is 102 Å². The average Bonchev–Trinajstić information content (AvgIpc) is 2.50. The normalized spacial score (nSPS) is 12.7. The van der Waals surface area contributed by atoms with Crippen molar-refractivity contribution in [3.63, 3.8) is 0 Å². The van der Waals surface area contributed by atoms with Gasteiger partial charge in [0.25, 0.3) is 0 Å². The molecule has 0 aliphatic heterocycles. The molecule has 0 saturated carbocycles. The van der Waals surface area contributed by atoms with Crippen LogP contribution in [0.2, 0.25) is 0 Å². The fourth-order valence-electron chi connectivity index (χ4n) is 1.95. The molecule has 1 amide bonds. The van der Waals surface area contributed by atoms with Crippen molar-refractivity contribution in [1.29, 1.82) is 0 Å². The predicted octanol–water partition coefficient (Wildman–Crippen LogP) is 2.00. The molecule has 1 aromatic rings. The lowest BCUT2D eigenvalue weighted by molar-refractivity contribution is -0.149. The summed E-state index contributed by atoms with van der Waals surface area (Å²) in [5.41, 5.74) is 0.490. The van der Waals surface area contributed by atoms with Gasteiger partial charge in [0.1, 0.15) is 6.04 Å². The van der Waals surface area contributed by atoms with E-state index >= 15 is 0 Å². The van der Waals surface area contributed by atoms with Crippen LogP contribution in [0.4, 0.5) is 5.69 Å². The Hall–Kier alpha value is -1.58. The Morgan fingerprint density at radius 1 is 1.20 bits per heavy atom. The predicted molar refractivity (Wildman–Crippen MR) is 99.1 cm³/mol. The molecule has 25 heavy (non-hydrogen) atoms. The lowest BCUT2D eigenvalue weighted by atomic mass is 10.2. The second-order valence-electron chi connectivity index (χ2n) is 5.65. The molecule has 0 aromatic heterocycles. The molecule has 140 valence electrons. The number of hydrogen-bond acceptors (Lipinski definition) is 6. The largest absolute Gasteiger partial charge is 0.462 e. The third-order valence-electron chi connectivity index (χ3n) is 3.03. The number of thioether (sulfide) groups is 1. The fraction of sp³-hybridized carbons (Fsp3) is 0.500. The van der Waals surface area contributed by atoms with Crippen molar-refractivity contribution >= 4 is 39.3 Å². The number of nitrogens with one attached hydrogen (secondary N) is 2. The zero-order chi connectivity index (χ0) is 19.0. The number of esters is 1. The van der Waals surface area contributed by atoms with E-state index in [-0.39, 0.29) is 16.9 Å². The number of carbonyl (C=O) groups excluding carboxylic acids is 2. The molecule has 0 bridgehead atoms. The van der Waals surface area contributed by atoms with E-state index in [9.17, 15) is 18.0 Å². The molecule has 0 unspecified atom stereocenters. The van der Waals surface area contributed by atoms with E-state index in [4.69, 9.17) is 4.74 Å². The van der Waals surface area contributed by atoms with E-state index < -0.39 is 22.0 Å². The minimum Gasteiger partial charge on any atom is -0.462 e. The molecule has 0 fully saturated rings. The molecule has 1 rings (SSSR count). The lowest BCUT2D eigenvalue weighted by Crippen LogP contribution is -2.42. The lowest BCUT2D eigenvalue weighted by Gasteiger charge is -2.19. The summed E-state index contributed by atoms with van der Waals surface area (Å²) in [5, 5.41) is 2.56. The number of anilines is 1. The highest BCUT2D eigenvalue weighted by Crippen LogP contribution is 2.16. The van der Waals surface area contributed by atoms with Gasteiger partial charge in [-0.05, 0) is 56.5 Å². The van der Waals surface area contributed by atoms with Gasteiger partial charge in [-0.2, -0.15) is 16.5 Å². The van der Waals surface area contributed by atoms with Crippen LogP contribution in [0.5, 0.6) is 0 Å². The summed E-state index contributed by atoms with van der Waals surface area (Å²) >= 11 is 1.51. The van der Waals surface area contributed by atoms with E-state index in [1.807, 2.05) is 6.26 Å². The van der Waals surface area contributed by atoms with Crippen LogP contribution in [-0.2, 0) is 24.3 Å². The van der Waals surface area contributed by atoms with Crippen molar-refractivity contribution in [3.05, 3.63) is 24.3 Å². The molecular weight excluding hydrogens is 364 g/mol. The van der Waals surface area contributed by atoms with Gasteiger partial charge < -0.3 is 10.1 Å². The Morgan fingerprint density at radius 3 is 2.28 bits per heavy atom. The van der Waals surface area contributed by atoms with E-state index in [1.54, 1.807) is 13.8 Å². The van der Waals surface area contributed by atoms with E-state index in [0.717, 1.165) is 0 Å². The van der Waals surface area contributed by atoms with E-state index in [0.29, 0.717) is 17.9 Å². The quantitative estimate of drug-likeness (QED) is 0.628. The van der Waals surface area contributed by atoms with Crippen molar-refractivity contribution in [3.8, 4) is 0 Å². The Bertz CT molecular complexity index is 687. The molecule has 1 atom stereocenters. The summed E-state index contributed by atoms with van der Waals surface area (Å²) in [6.07, 6.45) is 1.88. The van der Waals surface area contributed by atoms with Crippen LogP contribution in [0.3, 0.4) is 0 Å². The van der Waals surface area contributed by atoms with E-state index in [1.165, 1.54) is 43.0 Å². The third-order valence-corrected chi connectivity index (χ3v) is 5.16.